The van der Waals surface area contributed by atoms with E-state index in [1.54, 1.807) is 0 Å². The summed E-state index contributed by atoms with van der Waals surface area (Å²) in [7, 11) is 0. The van der Waals surface area contributed by atoms with Crippen LogP contribution in [0.25, 0.3) is 0 Å². The molecule has 1 aromatic heterocycles. The number of benzene rings is 2. The standard InChI is InChI=1S/C22H25N5O/c1-15-12-16(2)27(26-15)14-17-8-10-19(11-9-17)22(28)23-21-13-20(24-25-21)18-6-4-3-5-7-18/h3-12,20-21,24-25H,13-14H2,1-2H3,(H,23,28). The van der Waals surface area contributed by atoms with Crippen molar-refractivity contribution in [3.05, 3.63) is 88.7 Å². The second-order valence-electron chi connectivity index (χ2n) is 7.30. The molecule has 6 heteroatoms. The molecule has 3 N–H and O–H groups in total. The van der Waals surface area contributed by atoms with E-state index in [0.29, 0.717) is 12.1 Å². The number of aryl methyl sites for hydroxylation is 2. The van der Waals surface area contributed by atoms with E-state index >= 15 is 0 Å². The third kappa shape index (κ3) is 4.13. The maximum absolute atomic E-state index is 12.6. The van der Waals surface area contributed by atoms with E-state index in [9.17, 15) is 4.79 Å². The van der Waals surface area contributed by atoms with Crippen molar-refractivity contribution in [3.63, 3.8) is 0 Å². The van der Waals surface area contributed by atoms with Crippen LogP contribution in [0.5, 0.6) is 0 Å². The Morgan fingerprint density at radius 3 is 2.54 bits per heavy atom. The van der Waals surface area contributed by atoms with Gasteiger partial charge in [0.15, 0.2) is 0 Å². The maximum Gasteiger partial charge on any atom is 0.252 e. The summed E-state index contributed by atoms with van der Waals surface area (Å²) in [6.45, 7) is 4.74. The first-order chi connectivity index (χ1) is 13.6. The topological polar surface area (TPSA) is 71.0 Å². The van der Waals surface area contributed by atoms with E-state index in [-0.39, 0.29) is 18.1 Å². The van der Waals surface area contributed by atoms with Crippen molar-refractivity contribution < 1.29 is 4.79 Å². The van der Waals surface area contributed by atoms with E-state index in [4.69, 9.17) is 0 Å². The van der Waals surface area contributed by atoms with Gasteiger partial charge in [-0.05, 0) is 43.2 Å². The predicted molar refractivity (Wildman–Crippen MR) is 109 cm³/mol. The largest absolute Gasteiger partial charge is 0.335 e. The first-order valence-corrected chi connectivity index (χ1v) is 9.55. The Bertz CT molecular complexity index is 949. The molecule has 28 heavy (non-hydrogen) atoms. The molecule has 1 aliphatic heterocycles. The van der Waals surface area contributed by atoms with Crippen LogP contribution in [-0.2, 0) is 6.54 Å². The van der Waals surface area contributed by atoms with Crippen molar-refractivity contribution in [2.24, 2.45) is 0 Å². The van der Waals surface area contributed by atoms with Gasteiger partial charge in [0.2, 0.25) is 0 Å². The molecule has 1 amide bonds. The summed E-state index contributed by atoms with van der Waals surface area (Å²) in [6, 6.07) is 20.2. The SMILES string of the molecule is Cc1cc(C)n(Cc2ccc(C(=O)NC3CC(c4ccccc4)NN3)cc2)n1. The Kier molecular flexibility index (Phi) is 5.23. The molecule has 0 aliphatic carbocycles. The number of nitrogens with zero attached hydrogens (tertiary/aromatic N) is 2. The van der Waals surface area contributed by atoms with Gasteiger partial charge in [-0.15, -0.1) is 0 Å². The maximum atomic E-state index is 12.6. The quantitative estimate of drug-likeness (QED) is 0.641. The molecule has 1 saturated heterocycles. The molecule has 2 heterocycles. The molecular formula is C22H25N5O. The normalized spacial score (nSPS) is 18.9. The fourth-order valence-corrected chi connectivity index (χ4v) is 3.57. The predicted octanol–water partition coefficient (Wildman–Crippen LogP) is 2.84. The third-order valence-corrected chi connectivity index (χ3v) is 5.06. The number of carbonyl (C=O) groups excluding carboxylic acids is 1. The lowest BCUT2D eigenvalue weighted by molar-refractivity contribution is 0.0932. The number of aromatic nitrogens is 2. The van der Waals surface area contributed by atoms with Crippen molar-refractivity contribution in [2.45, 2.75) is 39.0 Å². The molecule has 0 spiro atoms. The van der Waals surface area contributed by atoms with Gasteiger partial charge in [0.25, 0.3) is 5.91 Å². The van der Waals surface area contributed by atoms with Crippen molar-refractivity contribution in [3.8, 4) is 0 Å². The Labute approximate surface area is 164 Å². The van der Waals surface area contributed by atoms with Crippen LogP contribution in [0.2, 0.25) is 0 Å². The molecule has 2 atom stereocenters. The van der Waals surface area contributed by atoms with Crippen molar-refractivity contribution in [1.82, 2.24) is 25.9 Å². The zero-order chi connectivity index (χ0) is 19.5. The zero-order valence-corrected chi connectivity index (χ0v) is 16.1. The Balaban J connectivity index is 1.34. The third-order valence-electron chi connectivity index (χ3n) is 5.06. The Hall–Kier alpha value is -2.96. The summed E-state index contributed by atoms with van der Waals surface area (Å²) in [5, 5.41) is 7.53. The lowest BCUT2D eigenvalue weighted by Crippen LogP contribution is -2.44. The molecule has 0 bridgehead atoms. The Morgan fingerprint density at radius 1 is 1.11 bits per heavy atom. The number of hydrazine groups is 1. The highest BCUT2D eigenvalue weighted by atomic mass is 16.1. The van der Waals surface area contributed by atoms with E-state index < -0.39 is 0 Å². The van der Waals surface area contributed by atoms with Gasteiger partial charge in [-0.2, -0.15) is 5.10 Å². The Morgan fingerprint density at radius 2 is 1.86 bits per heavy atom. The second kappa shape index (κ2) is 7.96. The molecule has 0 saturated carbocycles. The van der Waals surface area contributed by atoms with Crippen LogP contribution in [0.3, 0.4) is 0 Å². The summed E-state index contributed by atoms with van der Waals surface area (Å²) in [6.07, 6.45) is 0.693. The smallest absolute Gasteiger partial charge is 0.252 e. The molecule has 4 rings (SSSR count). The van der Waals surface area contributed by atoms with E-state index in [2.05, 4.69) is 39.5 Å². The van der Waals surface area contributed by atoms with Gasteiger partial charge in [-0.3, -0.25) is 9.48 Å². The first-order valence-electron chi connectivity index (χ1n) is 9.55. The van der Waals surface area contributed by atoms with Crippen LogP contribution < -0.4 is 16.2 Å². The first kappa shape index (κ1) is 18.4. The van der Waals surface area contributed by atoms with Gasteiger partial charge in [-0.1, -0.05) is 42.5 Å². The van der Waals surface area contributed by atoms with Gasteiger partial charge in [0, 0.05) is 23.7 Å². The minimum Gasteiger partial charge on any atom is -0.335 e. The molecule has 2 aromatic carbocycles. The molecule has 0 radical (unpaired) electrons. The molecule has 1 fully saturated rings. The van der Waals surface area contributed by atoms with Crippen molar-refractivity contribution in [2.75, 3.05) is 0 Å². The molecule has 144 valence electrons. The number of nitrogens with one attached hydrogen (secondary N) is 3. The highest BCUT2D eigenvalue weighted by molar-refractivity contribution is 5.94. The van der Waals surface area contributed by atoms with Gasteiger partial charge in [0.1, 0.15) is 0 Å². The fourth-order valence-electron chi connectivity index (χ4n) is 3.57. The summed E-state index contributed by atoms with van der Waals surface area (Å²) < 4.78 is 1.97. The van der Waals surface area contributed by atoms with Crippen LogP contribution in [0.4, 0.5) is 0 Å². The fraction of sp³-hybridized carbons (Fsp3) is 0.273. The lowest BCUT2D eigenvalue weighted by Gasteiger charge is -2.13. The minimum atomic E-state index is -0.105. The molecule has 2 unspecified atom stereocenters. The summed E-state index contributed by atoms with van der Waals surface area (Å²) >= 11 is 0. The van der Waals surface area contributed by atoms with Crippen LogP contribution in [0, 0.1) is 13.8 Å². The van der Waals surface area contributed by atoms with Crippen LogP contribution in [0.15, 0.2) is 60.7 Å². The number of amides is 1. The number of rotatable bonds is 5. The number of hydrogen-bond acceptors (Lipinski definition) is 4. The molecule has 6 nitrogen and oxygen atoms in total. The van der Waals surface area contributed by atoms with Crippen LogP contribution in [-0.4, -0.2) is 21.9 Å². The monoisotopic (exact) mass is 375 g/mol. The van der Waals surface area contributed by atoms with Gasteiger partial charge in [0.05, 0.1) is 18.4 Å². The van der Waals surface area contributed by atoms with E-state index in [1.165, 1.54) is 5.56 Å². The van der Waals surface area contributed by atoms with Crippen molar-refractivity contribution in [1.29, 1.82) is 0 Å². The van der Waals surface area contributed by atoms with Crippen LogP contribution >= 0.6 is 0 Å². The average molecular weight is 375 g/mol. The number of carbonyl (C=O) groups is 1. The minimum absolute atomic E-state index is 0.0781. The average Bonchev–Trinajstić information content (AvgIpc) is 3.29. The van der Waals surface area contributed by atoms with Gasteiger partial charge in [-0.25, -0.2) is 10.9 Å². The molecule has 3 aromatic rings. The van der Waals surface area contributed by atoms with Gasteiger partial charge >= 0.3 is 0 Å². The van der Waals surface area contributed by atoms with Crippen LogP contribution in [0.1, 0.15) is 45.3 Å². The number of hydrogen-bond donors (Lipinski definition) is 3. The zero-order valence-electron chi connectivity index (χ0n) is 16.1. The molecule has 1 aliphatic rings. The second-order valence-corrected chi connectivity index (χ2v) is 7.30. The summed E-state index contributed by atoms with van der Waals surface area (Å²) in [5.41, 5.74) is 11.5. The highest BCUT2D eigenvalue weighted by Crippen LogP contribution is 2.21. The molecular weight excluding hydrogens is 350 g/mol. The summed E-state index contributed by atoms with van der Waals surface area (Å²) in [4.78, 5) is 12.6. The van der Waals surface area contributed by atoms with E-state index in [0.717, 1.165) is 23.4 Å². The van der Waals surface area contributed by atoms with Crippen molar-refractivity contribution >= 4 is 5.91 Å². The highest BCUT2D eigenvalue weighted by Gasteiger charge is 2.26. The summed E-state index contributed by atoms with van der Waals surface area (Å²) in [5.74, 6) is -0.0781. The van der Waals surface area contributed by atoms with E-state index in [1.807, 2.05) is 61.0 Å². The van der Waals surface area contributed by atoms with Gasteiger partial charge < -0.3 is 5.32 Å². The lowest BCUT2D eigenvalue weighted by atomic mass is 10.0.